The summed E-state index contributed by atoms with van der Waals surface area (Å²) in [5.41, 5.74) is 1.18. The van der Waals surface area contributed by atoms with E-state index in [0.717, 1.165) is 19.3 Å². The number of hydrogen-bond acceptors (Lipinski definition) is 2. The molecule has 0 aromatic heterocycles. The topological polar surface area (TPSA) is 41.5 Å². The molecule has 2 rings (SSSR count). The van der Waals surface area contributed by atoms with Crippen molar-refractivity contribution >= 4 is 11.6 Å². The molecule has 1 saturated carbocycles. The lowest BCUT2D eigenvalue weighted by molar-refractivity contribution is -0.124. The molecular formula is C16H28N2O. The van der Waals surface area contributed by atoms with Crippen molar-refractivity contribution in [3.05, 3.63) is 0 Å². The molecule has 3 nitrogen and oxygen atoms in total. The third kappa shape index (κ3) is 1.85. The molecule has 3 atom stereocenters. The van der Waals surface area contributed by atoms with Gasteiger partial charge < -0.3 is 5.32 Å². The summed E-state index contributed by atoms with van der Waals surface area (Å²) in [7, 11) is 0. The molecule has 19 heavy (non-hydrogen) atoms. The Kier molecular flexibility index (Phi) is 2.93. The van der Waals surface area contributed by atoms with E-state index in [0.29, 0.717) is 0 Å². The van der Waals surface area contributed by atoms with E-state index in [1.807, 2.05) is 0 Å². The van der Waals surface area contributed by atoms with E-state index < -0.39 is 0 Å². The van der Waals surface area contributed by atoms with E-state index in [-0.39, 0.29) is 27.8 Å². The van der Waals surface area contributed by atoms with Crippen molar-refractivity contribution in [2.45, 2.75) is 78.8 Å². The highest BCUT2D eigenvalue weighted by Crippen LogP contribution is 2.60. The number of rotatable bonds is 1. The average molecular weight is 264 g/mol. The minimum absolute atomic E-state index is 0.00581. The van der Waals surface area contributed by atoms with Gasteiger partial charge in [-0.15, -0.1) is 0 Å². The number of nitrogens with zero attached hydrogens (tertiary/aromatic N) is 1. The molecule has 2 bridgehead atoms. The minimum Gasteiger partial charge on any atom is -0.350 e. The van der Waals surface area contributed by atoms with E-state index in [4.69, 9.17) is 4.99 Å². The Hall–Kier alpha value is -0.860. The second-order valence-corrected chi connectivity index (χ2v) is 7.84. The second-order valence-electron chi connectivity index (χ2n) is 7.84. The van der Waals surface area contributed by atoms with Crippen LogP contribution < -0.4 is 5.32 Å². The third-order valence-electron chi connectivity index (χ3n) is 6.31. The number of hydrogen-bond donors (Lipinski definition) is 1. The van der Waals surface area contributed by atoms with Crippen LogP contribution in [-0.2, 0) is 4.79 Å². The highest BCUT2D eigenvalue weighted by atomic mass is 16.1. The molecule has 1 amide bonds. The van der Waals surface area contributed by atoms with Gasteiger partial charge in [-0.05, 0) is 52.4 Å². The molecule has 1 heterocycles. The van der Waals surface area contributed by atoms with Gasteiger partial charge in [0.15, 0.2) is 0 Å². The van der Waals surface area contributed by atoms with Crippen molar-refractivity contribution in [3.8, 4) is 0 Å². The summed E-state index contributed by atoms with van der Waals surface area (Å²) < 4.78 is 0. The van der Waals surface area contributed by atoms with E-state index in [1.54, 1.807) is 6.92 Å². The molecular weight excluding hydrogens is 236 g/mol. The van der Waals surface area contributed by atoms with E-state index in [2.05, 4.69) is 46.9 Å². The third-order valence-corrected chi connectivity index (χ3v) is 6.31. The Morgan fingerprint density at radius 3 is 2.26 bits per heavy atom. The Labute approximate surface area is 117 Å². The molecule has 1 aliphatic heterocycles. The smallest absolute Gasteiger partial charge is 0.217 e. The molecule has 1 aliphatic carbocycles. The maximum Gasteiger partial charge on any atom is 0.217 e. The van der Waals surface area contributed by atoms with Crippen LogP contribution in [0.4, 0.5) is 0 Å². The van der Waals surface area contributed by atoms with Gasteiger partial charge in [0, 0.05) is 23.6 Å². The fourth-order valence-electron chi connectivity index (χ4n) is 4.18. The quantitative estimate of drug-likeness (QED) is 0.775. The second kappa shape index (κ2) is 3.83. The lowest BCUT2D eigenvalue weighted by Gasteiger charge is -2.62. The molecule has 0 aromatic carbocycles. The number of aliphatic imine (C=N–C) groups is 1. The van der Waals surface area contributed by atoms with Crippen molar-refractivity contribution in [1.82, 2.24) is 5.32 Å². The zero-order chi connectivity index (χ0) is 14.7. The molecule has 0 aromatic rings. The highest BCUT2D eigenvalue weighted by Gasteiger charge is 2.61. The predicted molar refractivity (Wildman–Crippen MR) is 79.5 cm³/mol. The standard InChI is InChI=1S/C16H28N2O/c1-11-15(6)10-14(5,13(3,4)17-11)8-9-16(15,7)18-12(2)19/h8-10H2,1-7H3,(H,18,19). The number of carbonyl (C=O) groups excluding carboxylic acids is 1. The SMILES string of the molecule is CC(=O)NC1(C)CCC2(C)CC1(C)C(C)=NC2(C)C. The van der Waals surface area contributed by atoms with Crippen LogP contribution in [0.15, 0.2) is 4.99 Å². The summed E-state index contributed by atoms with van der Waals surface area (Å²) in [6.45, 7) is 15.1. The minimum atomic E-state index is -0.178. The van der Waals surface area contributed by atoms with Gasteiger partial charge in [-0.25, -0.2) is 0 Å². The maximum atomic E-state index is 11.6. The molecule has 1 N–H and O–H groups in total. The van der Waals surface area contributed by atoms with Crippen LogP contribution in [0, 0.1) is 10.8 Å². The van der Waals surface area contributed by atoms with Gasteiger partial charge in [-0.2, -0.15) is 0 Å². The first-order chi connectivity index (χ1) is 8.46. The monoisotopic (exact) mass is 264 g/mol. The van der Waals surface area contributed by atoms with Gasteiger partial charge >= 0.3 is 0 Å². The van der Waals surface area contributed by atoms with Crippen LogP contribution in [0.2, 0.25) is 0 Å². The highest BCUT2D eigenvalue weighted by molar-refractivity contribution is 5.91. The van der Waals surface area contributed by atoms with E-state index in [1.165, 1.54) is 5.71 Å². The molecule has 2 aliphatic rings. The summed E-state index contributed by atoms with van der Waals surface area (Å²) in [4.78, 5) is 16.6. The normalized spacial score (nSPS) is 44.5. The molecule has 1 fully saturated rings. The van der Waals surface area contributed by atoms with Crippen molar-refractivity contribution in [1.29, 1.82) is 0 Å². The number of carbonyl (C=O) groups is 1. The van der Waals surface area contributed by atoms with Crippen LogP contribution in [-0.4, -0.2) is 22.7 Å². The van der Waals surface area contributed by atoms with Gasteiger partial charge in [0.2, 0.25) is 5.91 Å². The van der Waals surface area contributed by atoms with Gasteiger partial charge in [-0.3, -0.25) is 9.79 Å². The summed E-state index contributed by atoms with van der Waals surface area (Å²) >= 11 is 0. The number of fused-ring (bicyclic) bond motifs is 2. The van der Waals surface area contributed by atoms with Crippen molar-refractivity contribution in [2.75, 3.05) is 0 Å². The summed E-state index contributed by atoms with van der Waals surface area (Å²) in [6, 6.07) is 0. The van der Waals surface area contributed by atoms with Crippen LogP contribution in [0.3, 0.4) is 0 Å². The first-order valence-corrected chi connectivity index (χ1v) is 7.32. The van der Waals surface area contributed by atoms with Crippen molar-refractivity contribution in [3.63, 3.8) is 0 Å². The Morgan fingerprint density at radius 1 is 1.16 bits per heavy atom. The molecule has 3 unspecified atom stereocenters. The van der Waals surface area contributed by atoms with Gasteiger partial charge in [0.1, 0.15) is 0 Å². The number of nitrogens with one attached hydrogen (secondary N) is 1. The van der Waals surface area contributed by atoms with Crippen molar-refractivity contribution < 1.29 is 4.79 Å². The van der Waals surface area contributed by atoms with Gasteiger partial charge in [0.25, 0.3) is 0 Å². The van der Waals surface area contributed by atoms with E-state index in [9.17, 15) is 4.79 Å². The van der Waals surface area contributed by atoms with Crippen LogP contribution in [0.25, 0.3) is 0 Å². The molecule has 108 valence electrons. The van der Waals surface area contributed by atoms with Gasteiger partial charge in [-0.1, -0.05) is 13.8 Å². The lowest BCUT2D eigenvalue weighted by Crippen LogP contribution is -2.68. The predicted octanol–water partition coefficient (Wildman–Crippen LogP) is 3.33. The van der Waals surface area contributed by atoms with Crippen molar-refractivity contribution in [2.24, 2.45) is 15.8 Å². The number of amides is 1. The first-order valence-electron chi connectivity index (χ1n) is 7.32. The largest absolute Gasteiger partial charge is 0.350 e. The Bertz CT molecular complexity index is 454. The fourth-order valence-corrected chi connectivity index (χ4v) is 4.18. The maximum absolute atomic E-state index is 11.6. The first kappa shape index (κ1) is 14.5. The van der Waals surface area contributed by atoms with E-state index >= 15 is 0 Å². The molecule has 0 radical (unpaired) electrons. The average Bonchev–Trinajstić information content (AvgIpc) is 2.21. The van der Waals surface area contributed by atoms with Crippen LogP contribution in [0.5, 0.6) is 0 Å². The Morgan fingerprint density at radius 2 is 1.74 bits per heavy atom. The molecule has 3 heteroatoms. The summed E-state index contributed by atoms with van der Waals surface area (Å²) in [5, 5.41) is 3.21. The lowest BCUT2D eigenvalue weighted by atomic mass is 9.48. The molecule has 0 saturated heterocycles. The zero-order valence-corrected chi connectivity index (χ0v) is 13.5. The summed E-state index contributed by atoms with van der Waals surface area (Å²) in [6.07, 6.45) is 3.23. The van der Waals surface area contributed by atoms with Gasteiger partial charge in [0.05, 0.1) is 5.54 Å². The van der Waals surface area contributed by atoms with Crippen LogP contribution >= 0.6 is 0 Å². The zero-order valence-electron chi connectivity index (χ0n) is 13.5. The summed E-state index contributed by atoms with van der Waals surface area (Å²) in [5.74, 6) is 0.0601. The Balaban J connectivity index is 2.52. The molecule has 0 spiro atoms. The fraction of sp³-hybridized carbons (Fsp3) is 0.875. The van der Waals surface area contributed by atoms with Crippen LogP contribution in [0.1, 0.15) is 67.7 Å².